The van der Waals surface area contributed by atoms with E-state index in [0.717, 1.165) is 9.77 Å². The summed E-state index contributed by atoms with van der Waals surface area (Å²) in [6, 6.07) is 22.9. The predicted molar refractivity (Wildman–Crippen MR) is 135 cm³/mol. The van der Waals surface area contributed by atoms with Crippen molar-refractivity contribution in [2.24, 2.45) is 0 Å². The number of benzene rings is 2. The van der Waals surface area contributed by atoms with Crippen molar-refractivity contribution in [1.29, 1.82) is 0 Å². The van der Waals surface area contributed by atoms with Gasteiger partial charge < -0.3 is 15.1 Å². The number of hydrogen-bond acceptors (Lipinski definition) is 6. The fourth-order valence-corrected chi connectivity index (χ4v) is 4.57. The molecule has 0 bridgehead atoms. The van der Waals surface area contributed by atoms with Crippen molar-refractivity contribution in [3.8, 4) is 0 Å². The van der Waals surface area contributed by atoms with E-state index in [1.54, 1.807) is 60.7 Å². The van der Waals surface area contributed by atoms with Crippen LogP contribution in [0.1, 0.15) is 25.8 Å². The summed E-state index contributed by atoms with van der Waals surface area (Å²) < 4.78 is 5.31. The second-order valence-electron chi connectivity index (χ2n) is 7.06. The topological polar surface area (TPSA) is 88.4 Å². The van der Waals surface area contributed by atoms with Gasteiger partial charge in [-0.15, -0.1) is 23.1 Å². The summed E-state index contributed by atoms with van der Waals surface area (Å²) in [6.45, 7) is 0. The SMILES string of the molecule is O=C(Nc1cccc(SCC(=O)c2cccs2)c1)/C(=C/c1ccco1)NC(=O)c1ccccc1. The molecule has 4 rings (SSSR count). The van der Waals surface area contributed by atoms with Crippen LogP contribution in [0.3, 0.4) is 0 Å². The smallest absolute Gasteiger partial charge is 0.272 e. The van der Waals surface area contributed by atoms with Gasteiger partial charge in [0.05, 0.1) is 16.9 Å². The molecule has 4 aromatic rings. The van der Waals surface area contributed by atoms with E-state index >= 15 is 0 Å². The molecule has 2 aromatic carbocycles. The zero-order valence-corrected chi connectivity index (χ0v) is 19.5. The maximum absolute atomic E-state index is 13.0. The van der Waals surface area contributed by atoms with Gasteiger partial charge in [0, 0.05) is 22.2 Å². The minimum atomic E-state index is -0.502. The van der Waals surface area contributed by atoms with E-state index in [2.05, 4.69) is 10.6 Å². The lowest BCUT2D eigenvalue weighted by Crippen LogP contribution is -2.30. The van der Waals surface area contributed by atoms with Crippen LogP contribution in [0.2, 0.25) is 0 Å². The lowest BCUT2D eigenvalue weighted by atomic mass is 10.2. The quantitative estimate of drug-likeness (QED) is 0.179. The number of anilines is 1. The van der Waals surface area contributed by atoms with E-state index in [4.69, 9.17) is 4.42 Å². The molecule has 0 spiro atoms. The number of nitrogens with one attached hydrogen (secondary N) is 2. The molecule has 0 radical (unpaired) electrons. The average Bonchev–Trinajstić information content (AvgIpc) is 3.57. The molecule has 0 fully saturated rings. The van der Waals surface area contributed by atoms with Crippen LogP contribution in [0.25, 0.3) is 6.08 Å². The number of carbonyl (C=O) groups excluding carboxylic acids is 3. The maximum atomic E-state index is 13.0. The third-order valence-electron chi connectivity index (χ3n) is 4.62. The number of rotatable bonds is 9. The Kier molecular flexibility index (Phi) is 7.75. The molecule has 8 heteroatoms. The van der Waals surface area contributed by atoms with E-state index in [1.807, 2.05) is 23.6 Å². The van der Waals surface area contributed by atoms with Crippen molar-refractivity contribution < 1.29 is 18.8 Å². The summed E-state index contributed by atoms with van der Waals surface area (Å²) in [5, 5.41) is 7.34. The summed E-state index contributed by atoms with van der Waals surface area (Å²) in [6.07, 6.45) is 2.95. The Morgan fingerprint density at radius 2 is 1.79 bits per heavy atom. The first-order chi connectivity index (χ1) is 16.6. The standard InChI is InChI=1S/C26H20N2O4S2/c29-23(24-12-6-14-33-24)17-34-21-11-4-9-19(15-21)27-26(31)22(16-20-10-5-13-32-20)28-25(30)18-7-2-1-3-8-18/h1-16H,17H2,(H,27,31)(H,28,30)/b22-16-. The largest absolute Gasteiger partial charge is 0.465 e. The van der Waals surface area contributed by atoms with Crippen molar-refractivity contribution >= 4 is 52.5 Å². The van der Waals surface area contributed by atoms with E-state index < -0.39 is 11.8 Å². The Morgan fingerprint density at radius 1 is 0.941 bits per heavy atom. The lowest BCUT2D eigenvalue weighted by molar-refractivity contribution is -0.113. The van der Waals surface area contributed by atoms with Gasteiger partial charge in [0.1, 0.15) is 11.5 Å². The molecule has 0 aliphatic carbocycles. The second kappa shape index (κ2) is 11.3. The van der Waals surface area contributed by atoms with Gasteiger partial charge in [-0.2, -0.15) is 0 Å². The summed E-state index contributed by atoms with van der Waals surface area (Å²) in [5.74, 6) is -0.131. The van der Waals surface area contributed by atoms with Gasteiger partial charge in [-0.3, -0.25) is 14.4 Å². The number of thiophene rings is 1. The van der Waals surface area contributed by atoms with Gasteiger partial charge in [-0.1, -0.05) is 30.3 Å². The van der Waals surface area contributed by atoms with E-state index in [0.29, 0.717) is 22.8 Å². The molecule has 2 heterocycles. The molecule has 0 aliphatic heterocycles. The average molecular weight is 489 g/mol. The van der Waals surface area contributed by atoms with Crippen molar-refractivity contribution in [2.75, 3.05) is 11.1 Å². The molecule has 0 aliphatic rings. The maximum Gasteiger partial charge on any atom is 0.272 e. The van der Waals surface area contributed by atoms with Crippen LogP contribution in [-0.2, 0) is 4.79 Å². The molecule has 0 saturated heterocycles. The fraction of sp³-hybridized carbons (Fsp3) is 0.0385. The number of Topliss-reactive ketones (excluding diaryl/α,β-unsaturated/α-hetero) is 1. The van der Waals surface area contributed by atoms with E-state index in [-0.39, 0.29) is 11.5 Å². The lowest BCUT2D eigenvalue weighted by Gasteiger charge is -2.11. The number of amides is 2. The molecule has 2 N–H and O–H groups in total. The van der Waals surface area contributed by atoms with Crippen molar-refractivity contribution in [3.63, 3.8) is 0 Å². The molecule has 34 heavy (non-hydrogen) atoms. The summed E-state index contributed by atoms with van der Waals surface area (Å²) >= 11 is 2.81. The monoisotopic (exact) mass is 488 g/mol. The Balaban J connectivity index is 1.46. The van der Waals surface area contributed by atoms with E-state index in [1.165, 1.54) is 35.4 Å². The number of thioether (sulfide) groups is 1. The Labute approximate surface area is 204 Å². The van der Waals surface area contributed by atoms with Crippen molar-refractivity contribution in [2.45, 2.75) is 4.90 Å². The number of ketones is 1. The van der Waals surface area contributed by atoms with Crippen LogP contribution in [-0.4, -0.2) is 23.4 Å². The number of hydrogen-bond donors (Lipinski definition) is 2. The molecule has 0 unspecified atom stereocenters. The minimum absolute atomic E-state index is 0.0368. The van der Waals surface area contributed by atoms with Gasteiger partial charge in [-0.25, -0.2) is 0 Å². The van der Waals surface area contributed by atoms with Crippen molar-refractivity contribution in [3.05, 3.63) is 112 Å². The van der Waals surface area contributed by atoms with Gasteiger partial charge in [0.15, 0.2) is 5.78 Å². The first kappa shape index (κ1) is 23.3. The molecule has 2 amide bonds. The Morgan fingerprint density at radius 3 is 2.53 bits per heavy atom. The third-order valence-corrected chi connectivity index (χ3v) is 6.52. The van der Waals surface area contributed by atoms with Crippen LogP contribution in [0, 0.1) is 0 Å². The highest BCUT2D eigenvalue weighted by Crippen LogP contribution is 2.24. The van der Waals surface area contributed by atoms with Crippen molar-refractivity contribution in [1.82, 2.24) is 5.32 Å². The first-order valence-electron chi connectivity index (χ1n) is 10.3. The zero-order valence-electron chi connectivity index (χ0n) is 17.9. The van der Waals surface area contributed by atoms with E-state index in [9.17, 15) is 14.4 Å². The molecule has 0 saturated carbocycles. The summed E-state index contributed by atoms with van der Waals surface area (Å²) in [7, 11) is 0. The molecule has 6 nitrogen and oxygen atoms in total. The highest BCUT2D eigenvalue weighted by molar-refractivity contribution is 8.00. The highest BCUT2D eigenvalue weighted by atomic mass is 32.2. The third kappa shape index (κ3) is 6.34. The number of furan rings is 1. The Bertz CT molecular complexity index is 1300. The molecular formula is C26H20N2O4S2. The molecule has 170 valence electrons. The summed E-state index contributed by atoms with van der Waals surface area (Å²) in [4.78, 5) is 39.5. The number of carbonyl (C=O) groups is 3. The highest BCUT2D eigenvalue weighted by Gasteiger charge is 2.16. The van der Waals surface area contributed by atoms with Gasteiger partial charge in [-0.05, 0) is 53.9 Å². The van der Waals surface area contributed by atoms with Crippen LogP contribution >= 0.6 is 23.1 Å². The van der Waals surface area contributed by atoms with Crippen LogP contribution in [0.4, 0.5) is 5.69 Å². The van der Waals surface area contributed by atoms with Gasteiger partial charge >= 0.3 is 0 Å². The summed E-state index contributed by atoms with van der Waals surface area (Å²) in [5.41, 5.74) is 1.00. The van der Waals surface area contributed by atoms with Gasteiger partial charge in [0.25, 0.3) is 11.8 Å². The minimum Gasteiger partial charge on any atom is -0.465 e. The molecule has 2 aromatic heterocycles. The normalized spacial score (nSPS) is 11.1. The second-order valence-corrected chi connectivity index (χ2v) is 9.06. The zero-order chi connectivity index (χ0) is 23.8. The van der Waals surface area contributed by atoms with Crippen LogP contribution in [0.15, 0.2) is 106 Å². The van der Waals surface area contributed by atoms with Crippen LogP contribution in [0.5, 0.6) is 0 Å². The predicted octanol–water partition coefficient (Wildman–Crippen LogP) is 5.73. The first-order valence-corrected chi connectivity index (χ1v) is 12.2. The molecule has 0 atom stereocenters. The van der Waals surface area contributed by atoms with Crippen LogP contribution < -0.4 is 10.6 Å². The van der Waals surface area contributed by atoms with Gasteiger partial charge in [0.2, 0.25) is 0 Å². The fourth-order valence-electron chi connectivity index (χ4n) is 2.98. The Hall–Kier alpha value is -3.88. The molecular weight excluding hydrogens is 468 g/mol.